The second-order valence-corrected chi connectivity index (χ2v) is 8.74. The van der Waals surface area contributed by atoms with Crippen molar-refractivity contribution in [2.24, 2.45) is 13.0 Å². The van der Waals surface area contributed by atoms with Gasteiger partial charge in [-0.25, -0.2) is 0 Å². The summed E-state index contributed by atoms with van der Waals surface area (Å²) in [6, 6.07) is 18.2. The molecule has 0 bridgehead atoms. The van der Waals surface area contributed by atoms with E-state index in [1.807, 2.05) is 30.3 Å². The second kappa shape index (κ2) is 8.23. The summed E-state index contributed by atoms with van der Waals surface area (Å²) in [6.45, 7) is 3.69. The molecule has 1 amide bonds. The lowest BCUT2D eigenvalue weighted by Crippen LogP contribution is -2.58. The third-order valence-electron chi connectivity index (χ3n) is 6.85. The Labute approximate surface area is 202 Å². The molecule has 3 aromatic rings. The zero-order chi connectivity index (χ0) is 24.9. The molecule has 2 aromatic carbocycles. The maximum Gasteiger partial charge on any atom is 0.320 e. The normalized spacial score (nSPS) is 20.4. The molecule has 0 aliphatic carbocycles. The van der Waals surface area contributed by atoms with Crippen LogP contribution in [0.5, 0.6) is 5.75 Å². The van der Waals surface area contributed by atoms with Gasteiger partial charge in [0.05, 0.1) is 18.7 Å². The molecule has 1 aromatic heterocycles. The molecule has 0 saturated carbocycles. The predicted molar refractivity (Wildman–Crippen MR) is 130 cm³/mol. The van der Waals surface area contributed by atoms with Crippen LogP contribution in [0.15, 0.2) is 65.5 Å². The molecule has 1 spiro atoms. The highest BCUT2D eigenvalue weighted by Gasteiger charge is 2.65. The Morgan fingerprint density at radius 1 is 1.11 bits per heavy atom. The number of carbonyl (C=O) groups excluding carboxylic acids is 2. The molecule has 2 unspecified atom stereocenters. The molecular formula is C27H25N3O5. The molecule has 2 aliphatic heterocycles. The van der Waals surface area contributed by atoms with E-state index >= 15 is 0 Å². The Morgan fingerprint density at radius 2 is 1.80 bits per heavy atom. The molecule has 178 valence electrons. The van der Waals surface area contributed by atoms with Crippen molar-refractivity contribution in [3.8, 4) is 5.75 Å². The molecule has 3 heterocycles. The fourth-order valence-corrected chi connectivity index (χ4v) is 5.19. The van der Waals surface area contributed by atoms with Crippen molar-refractivity contribution in [1.29, 1.82) is 5.41 Å². The standard InChI is InChI=1S/C27H25N3O5/c1-4-34-25(32)22-23(28)35-20-14-16(2)29(3)24(31)21(20)27(22)18-12-8-9-13-19(18)30(26(27)33)15-17-10-6-5-7-11-17/h5-14,22,28H,4,15H2,1-3H3. The summed E-state index contributed by atoms with van der Waals surface area (Å²) in [7, 11) is 1.61. The van der Waals surface area contributed by atoms with Gasteiger partial charge in [-0.3, -0.25) is 19.8 Å². The number of esters is 1. The lowest BCUT2D eigenvalue weighted by atomic mass is 9.64. The number of anilines is 1. The Morgan fingerprint density at radius 3 is 2.51 bits per heavy atom. The topological polar surface area (TPSA) is 102 Å². The van der Waals surface area contributed by atoms with E-state index in [-0.39, 0.29) is 24.5 Å². The zero-order valence-electron chi connectivity index (χ0n) is 19.7. The molecule has 0 fully saturated rings. The zero-order valence-corrected chi connectivity index (χ0v) is 19.7. The van der Waals surface area contributed by atoms with Gasteiger partial charge < -0.3 is 18.9 Å². The third-order valence-corrected chi connectivity index (χ3v) is 6.85. The van der Waals surface area contributed by atoms with Gasteiger partial charge in [-0.05, 0) is 31.0 Å². The molecule has 5 rings (SSSR count). The highest BCUT2D eigenvalue weighted by Crippen LogP contribution is 2.55. The van der Waals surface area contributed by atoms with Gasteiger partial charge in [0.25, 0.3) is 5.56 Å². The van der Waals surface area contributed by atoms with E-state index in [0.717, 1.165) is 5.56 Å². The molecule has 1 N–H and O–H groups in total. The maximum absolute atomic E-state index is 14.5. The van der Waals surface area contributed by atoms with Crippen molar-refractivity contribution in [2.75, 3.05) is 11.5 Å². The van der Waals surface area contributed by atoms with Gasteiger partial charge in [0, 0.05) is 24.5 Å². The second-order valence-electron chi connectivity index (χ2n) is 8.74. The van der Waals surface area contributed by atoms with Gasteiger partial charge in [0.1, 0.15) is 11.2 Å². The first-order valence-electron chi connectivity index (χ1n) is 11.4. The lowest BCUT2D eigenvalue weighted by molar-refractivity contribution is -0.150. The number of nitrogens with zero attached hydrogens (tertiary/aromatic N) is 2. The number of aromatic nitrogens is 1. The van der Waals surface area contributed by atoms with Crippen molar-refractivity contribution in [1.82, 2.24) is 4.57 Å². The molecule has 0 radical (unpaired) electrons. The van der Waals surface area contributed by atoms with Crippen molar-refractivity contribution >= 4 is 23.5 Å². The number of carbonyl (C=O) groups is 2. The lowest BCUT2D eigenvalue weighted by Gasteiger charge is -2.39. The van der Waals surface area contributed by atoms with E-state index in [0.29, 0.717) is 16.9 Å². The number of fused-ring (bicyclic) bond motifs is 4. The Hall–Kier alpha value is -4.20. The number of hydrogen-bond donors (Lipinski definition) is 1. The van der Waals surface area contributed by atoms with Crippen molar-refractivity contribution in [3.05, 3.63) is 93.4 Å². The quantitative estimate of drug-likeness (QED) is 0.590. The van der Waals surface area contributed by atoms with E-state index in [1.54, 1.807) is 56.1 Å². The number of aryl methyl sites for hydroxylation is 1. The maximum atomic E-state index is 14.5. The number of pyridine rings is 1. The highest BCUT2D eigenvalue weighted by molar-refractivity contribution is 6.18. The van der Waals surface area contributed by atoms with Crippen molar-refractivity contribution < 1.29 is 19.1 Å². The summed E-state index contributed by atoms with van der Waals surface area (Å²) >= 11 is 0. The van der Waals surface area contributed by atoms with E-state index in [9.17, 15) is 14.4 Å². The highest BCUT2D eigenvalue weighted by atomic mass is 16.5. The summed E-state index contributed by atoms with van der Waals surface area (Å²) in [5.41, 5.74) is 0.364. The SMILES string of the molecule is CCOC(=O)C1C(=N)Oc2cc(C)n(C)c(=O)c2C12C(=O)N(Cc1ccccc1)c1ccccc12. The summed E-state index contributed by atoms with van der Waals surface area (Å²) in [5, 5.41) is 8.69. The Balaban J connectivity index is 1.85. The van der Waals surface area contributed by atoms with Crippen LogP contribution in [0.25, 0.3) is 0 Å². The van der Waals surface area contributed by atoms with E-state index in [1.165, 1.54) is 4.57 Å². The number of para-hydroxylation sites is 1. The van der Waals surface area contributed by atoms with Gasteiger partial charge in [-0.1, -0.05) is 48.5 Å². The first-order chi connectivity index (χ1) is 16.8. The van der Waals surface area contributed by atoms with Crippen molar-refractivity contribution in [2.45, 2.75) is 25.8 Å². The summed E-state index contributed by atoms with van der Waals surface area (Å²) in [4.78, 5) is 43.2. The molecule has 8 nitrogen and oxygen atoms in total. The van der Waals surface area contributed by atoms with Gasteiger partial charge >= 0.3 is 5.97 Å². The largest absolute Gasteiger partial charge is 0.465 e. The fraction of sp³-hybridized carbons (Fsp3) is 0.259. The van der Waals surface area contributed by atoms with E-state index in [2.05, 4.69) is 0 Å². The molecule has 8 heteroatoms. The average Bonchev–Trinajstić information content (AvgIpc) is 3.07. The monoisotopic (exact) mass is 471 g/mol. The van der Waals surface area contributed by atoms with Crippen LogP contribution in [0.1, 0.15) is 29.3 Å². The summed E-state index contributed by atoms with van der Waals surface area (Å²) in [6.07, 6.45) is 0. The first-order valence-corrected chi connectivity index (χ1v) is 11.4. The summed E-state index contributed by atoms with van der Waals surface area (Å²) in [5.74, 6) is -3.00. The average molecular weight is 472 g/mol. The predicted octanol–water partition coefficient (Wildman–Crippen LogP) is 3.08. The number of hydrogen-bond acceptors (Lipinski definition) is 6. The third kappa shape index (κ3) is 3.13. The van der Waals surface area contributed by atoms with Crippen molar-refractivity contribution in [3.63, 3.8) is 0 Å². The van der Waals surface area contributed by atoms with Crippen LogP contribution in [-0.4, -0.2) is 28.9 Å². The van der Waals surface area contributed by atoms with Crippen LogP contribution in [0, 0.1) is 18.3 Å². The van der Waals surface area contributed by atoms with Gasteiger partial charge in [-0.15, -0.1) is 0 Å². The van der Waals surface area contributed by atoms with Crippen LogP contribution in [0.4, 0.5) is 5.69 Å². The number of rotatable bonds is 4. The minimum absolute atomic E-state index is 0.0488. The van der Waals surface area contributed by atoms with E-state index < -0.39 is 34.7 Å². The molecule has 35 heavy (non-hydrogen) atoms. The molecule has 0 saturated heterocycles. The smallest absolute Gasteiger partial charge is 0.320 e. The minimum atomic E-state index is -1.79. The van der Waals surface area contributed by atoms with Crippen LogP contribution < -0.4 is 15.2 Å². The molecule has 2 aliphatic rings. The Bertz CT molecular complexity index is 1430. The number of benzene rings is 2. The van der Waals surface area contributed by atoms with Crippen LogP contribution in [-0.2, 0) is 33.3 Å². The minimum Gasteiger partial charge on any atom is -0.465 e. The van der Waals surface area contributed by atoms with Crippen LogP contribution in [0.3, 0.4) is 0 Å². The fourth-order valence-electron chi connectivity index (χ4n) is 5.19. The summed E-state index contributed by atoms with van der Waals surface area (Å²) < 4.78 is 12.5. The number of amides is 1. The molecule has 2 atom stereocenters. The van der Waals surface area contributed by atoms with E-state index in [4.69, 9.17) is 14.9 Å². The van der Waals surface area contributed by atoms with Crippen LogP contribution >= 0.6 is 0 Å². The Kier molecular flexibility index (Phi) is 5.31. The van der Waals surface area contributed by atoms with Crippen LogP contribution in [0.2, 0.25) is 0 Å². The number of nitrogens with one attached hydrogen (secondary N) is 1. The van der Waals surface area contributed by atoms with Gasteiger partial charge in [0.2, 0.25) is 11.8 Å². The first kappa shape index (κ1) is 22.6. The van der Waals surface area contributed by atoms with Gasteiger partial charge in [-0.2, -0.15) is 0 Å². The number of ether oxygens (including phenoxy) is 2. The van der Waals surface area contributed by atoms with Gasteiger partial charge in [0.15, 0.2) is 5.92 Å². The molecular weight excluding hydrogens is 446 g/mol.